The molecule has 31 heavy (non-hydrogen) atoms. The Bertz CT molecular complexity index is 1390. The molecule has 0 unspecified atom stereocenters. The van der Waals surface area contributed by atoms with Crippen molar-refractivity contribution in [1.29, 1.82) is 5.26 Å². The molecule has 0 aliphatic carbocycles. The van der Waals surface area contributed by atoms with Gasteiger partial charge in [0.2, 0.25) is 9.84 Å². The smallest absolute Gasteiger partial charge is 0.216 e. The molecule has 6 nitrogen and oxygen atoms in total. The number of para-hydroxylation sites is 1. The predicted molar refractivity (Wildman–Crippen MR) is 119 cm³/mol. The van der Waals surface area contributed by atoms with Gasteiger partial charge in [0.1, 0.15) is 16.7 Å². The summed E-state index contributed by atoms with van der Waals surface area (Å²) in [5, 5.41) is 14.7. The Morgan fingerprint density at radius 2 is 1.68 bits per heavy atom. The summed E-state index contributed by atoms with van der Waals surface area (Å²) in [7, 11) is -4.03. The summed E-state index contributed by atoms with van der Waals surface area (Å²) in [5.74, 6) is 0. The Hall–Kier alpha value is -3.73. The number of hydrogen-bond donors (Lipinski definition) is 0. The SMILES string of the molecule is N#C/C(=C\c1cn(-c2ccccc2)nc1-c1ccncc1)S(=O)(=O)c1ccc(Cl)cc1. The van der Waals surface area contributed by atoms with E-state index >= 15 is 0 Å². The number of sulfone groups is 1. The molecule has 0 aliphatic heterocycles. The summed E-state index contributed by atoms with van der Waals surface area (Å²) < 4.78 is 27.7. The van der Waals surface area contributed by atoms with Crippen LogP contribution in [0.1, 0.15) is 5.56 Å². The molecule has 0 radical (unpaired) electrons. The van der Waals surface area contributed by atoms with E-state index < -0.39 is 14.7 Å². The van der Waals surface area contributed by atoms with Gasteiger partial charge in [0, 0.05) is 34.7 Å². The van der Waals surface area contributed by atoms with Gasteiger partial charge in [-0.15, -0.1) is 0 Å². The number of rotatable bonds is 5. The minimum absolute atomic E-state index is 0.00869. The van der Waals surface area contributed by atoms with E-state index in [2.05, 4.69) is 10.1 Å². The second-order valence-corrected chi connectivity index (χ2v) is 8.88. The lowest BCUT2D eigenvalue weighted by Crippen LogP contribution is -2.03. The van der Waals surface area contributed by atoms with Crippen molar-refractivity contribution in [3.63, 3.8) is 0 Å². The highest BCUT2D eigenvalue weighted by Crippen LogP contribution is 2.28. The molecule has 4 rings (SSSR count). The Balaban J connectivity index is 1.87. The number of allylic oxidation sites excluding steroid dienone is 1. The second-order valence-electron chi connectivity index (χ2n) is 6.53. The first-order chi connectivity index (χ1) is 15.0. The summed E-state index contributed by atoms with van der Waals surface area (Å²) in [6, 6.07) is 20.5. The van der Waals surface area contributed by atoms with E-state index in [0.717, 1.165) is 11.3 Å². The maximum Gasteiger partial charge on any atom is 0.216 e. The van der Waals surface area contributed by atoms with E-state index in [1.54, 1.807) is 35.4 Å². The van der Waals surface area contributed by atoms with Gasteiger partial charge in [-0.05, 0) is 54.6 Å². The predicted octanol–water partition coefficient (Wildman–Crippen LogP) is 4.93. The summed E-state index contributed by atoms with van der Waals surface area (Å²) in [6.07, 6.45) is 6.28. The van der Waals surface area contributed by atoms with Gasteiger partial charge in [-0.3, -0.25) is 4.98 Å². The first kappa shape index (κ1) is 20.5. The zero-order chi connectivity index (χ0) is 21.8. The third kappa shape index (κ3) is 4.26. The van der Waals surface area contributed by atoms with Crippen LogP contribution in [0.5, 0.6) is 0 Å². The molecule has 2 heterocycles. The summed E-state index contributed by atoms with van der Waals surface area (Å²) in [6.45, 7) is 0. The monoisotopic (exact) mass is 446 g/mol. The molecule has 2 aromatic carbocycles. The fourth-order valence-electron chi connectivity index (χ4n) is 2.99. The summed E-state index contributed by atoms with van der Waals surface area (Å²) in [5.41, 5.74) is 2.57. The molecule has 4 aromatic rings. The minimum Gasteiger partial charge on any atom is -0.265 e. The minimum atomic E-state index is -4.03. The zero-order valence-electron chi connectivity index (χ0n) is 16.1. The second kappa shape index (κ2) is 8.56. The van der Waals surface area contributed by atoms with Crippen LogP contribution in [0.15, 0.2) is 95.1 Å². The molecule has 8 heteroatoms. The Morgan fingerprint density at radius 1 is 1.00 bits per heavy atom. The summed E-state index contributed by atoms with van der Waals surface area (Å²) >= 11 is 5.86. The van der Waals surface area contributed by atoms with Gasteiger partial charge in [-0.2, -0.15) is 10.4 Å². The molecule has 0 bridgehead atoms. The van der Waals surface area contributed by atoms with Crippen LogP contribution in [0.3, 0.4) is 0 Å². The number of aromatic nitrogens is 3. The van der Waals surface area contributed by atoms with E-state index in [4.69, 9.17) is 11.6 Å². The van der Waals surface area contributed by atoms with Gasteiger partial charge in [0.25, 0.3) is 0 Å². The van der Waals surface area contributed by atoms with Gasteiger partial charge >= 0.3 is 0 Å². The van der Waals surface area contributed by atoms with Crippen molar-refractivity contribution >= 4 is 27.5 Å². The normalized spacial score (nSPS) is 11.8. The molecule has 0 saturated heterocycles. The molecular weight excluding hydrogens is 432 g/mol. The first-order valence-corrected chi connectivity index (χ1v) is 11.0. The van der Waals surface area contributed by atoms with Crippen LogP contribution >= 0.6 is 11.6 Å². The third-order valence-corrected chi connectivity index (χ3v) is 6.46. The van der Waals surface area contributed by atoms with Crippen LogP contribution in [0.4, 0.5) is 0 Å². The molecule has 152 valence electrons. The number of benzene rings is 2. The highest BCUT2D eigenvalue weighted by molar-refractivity contribution is 7.95. The van der Waals surface area contributed by atoms with E-state index in [1.165, 1.54) is 30.3 Å². The molecular formula is C23H15ClN4O2S. The van der Waals surface area contributed by atoms with Crippen molar-refractivity contribution in [1.82, 2.24) is 14.8 Å². The van der Waals surface area contributed by atoms with E-state index in [-0.39, 0.29) is 4.90 Å². The van der Waals surface area contributed by atoms with E-state index in [9.17, 15) is 13.7 Å². The lowest BCUT2D eigenvalue weighted by atomic mass is 10.1. The quantitative estimate of drug-likeness (QED) is 0.406. The van der Waals surface area contributed by atoms with Crippen LogP contribution in [0.25, 0.3) is 23.0 Å². The molecule has 0 saturated carbocycles. The molecule has 0 fully saturated rings. The maximum atomic E-state index is 13.0. The van der Waals surface area contributed by atoms with Gasteiger partial charge in [0.15, 0.2) is 0 Å². The Morgan fingerprint density at radius 3 is 2.32 bits per heavy atom. The van der Waals surface area contributed by atoms with Gasteiger partial charge in [0.05, 0.1) is 10.6 Å². The van der Waals surface area contributed by atoms with Crippen LogP contribution in [-0.4, -0.2) is 23.2 Å². The Kier molecular flexibility index (Phi) is 5.67. The zero-order valence-corrected chi connectivity index (χ0v) is 17.6. The van der Waals surface area contributed by atoms with Crippen LogP contribution in [0.2, 0.25) is 5.02 Å². The topological polar surface area (TPSA) is 88.6 Å². The fourth-order valence-corrected chi connectivity index (χ4v) is 4.27. The van der Waals surface area contributed by atoms with Crippen molar-refractivity contribution in [2.75, 3.05) is 0 Å². The fraction of sp³-hybridized carbons (Fsp3) is 0. The summed E-state index contributed by atoms with van der Waals surface area (Å²) in [4.78, 5) is 3.62. The molecule has 0 spiro atoms. The van der Waals surface area contributed by atoms with Crippen LogP contribution in [-0.2, 0) is 9.84 Å². The highest BCUT2D eigenvalue weighted by Gasteiger charge is 2.22. The Labute approximate surface area is 184 Å². The molecule has 2 aromatic heterocycles. The number of hydrogen-bond acceptors (Lipinski definition) is 5. The van der Waals surface area contributed by atoms with Crippen molar-refractivity contribution in [2.24, 2.45) is 0 Å². The first-order valence-electron chi connectivity index (χ1n) is 9.17. The molecule has 0 N–H and O–H groups in total. The maximum absolute atomic E-state index is 13.0. The average molecular weight is 447 g/mol. The number of nitriles is 1. The standard InChI is InChI=1S/C23H15ClN4O2S/c24-19-6-8-21(9-7-19)31(29,30)22(15-25)14-18-16-28(20-4-2-1-3-5-20)27-23(18)17-10-12-26-13-11-17/h1-14,16H/b22-14+. The van der Waals surface area contributed by atoms with Crippen LogP contribution < -0.4 is 0 Å². The van der Waals surface area contributed by atoms with Crippen molar-refractivity contribution in [3.05, 3.63) is 101 Å². The average Bonchev–Trinajstić information content (AvgIpc) is 3.23. The lowest BCUT2D eigenvalue weighted by Gasteiger charge is -2.03. The van der Waals surface area contributed by atoms with Crippen molar-refractivity contribution in [3.8, 4) is 23.0 Å². The lowest BCUT2D eigenvalue weighted by molar-refractivity contribution is 0.603. The van der Waals surface area contributed by atoms with Crippen LogP contribution in [0, 0.1) is 11.3 Å². The molecule has 0 atom stereocenters. The number of pyridine rings is 1. The van der Waals surface area contributed by atoms with Gasteiger partial charge < -0.3 is 0 Å². The molecule has 0 amide bonds. The largest absolute Gasteiger partial charge is 0.265 e. The van der Waals surface area contributed by atoms with E-state index in [1.807, 2.05) is 36.4 Å². The third-order valence-electron chi connectivity index (χ3n) is 4.53. The number of halogens is 1. The number of nitrogens with zero attached hydrogens (tertiary/aromatic N) is 4. The van der Waals surface area contributed by atoms with Gasteiger partial charge in [-0.1, -0.05) is 29.8 Å². The van der Waals surface area contributed by atoms with E-state index in [0.29, 0.717) is 16.3 Å². The van der Waals surface area contributed by atoms with Gasteiger partial charge in [-0.25, -0.2) is 13.1 Å². The van der Waals surface area contributed by atoms with Crippen molar-refractivity contribution < 1.29 is 8.42 Å². The highest BCUT2D eigenvalue weighted by atomic mass is 35.5. The van der Waals surface area contributed by atoms with Crippen molar-refractivity contribution in [2.45, 2.75) is 4.90 Å². The molecule has 0 aliphatic rings.